The summed E-state index contributed by atoms with van der Waals surface area (Å²) in [5, 5.41) is 12.5. The summed E-state index contributed by atoms with van der Waals surface area (Å²) in [6.07, 6.45) is 4.80. The first-order chi connectivity index (χ1) is 6.38. The third kappa shape index (κ3) is 1.71. The van der Waals surface area contributed by atoms with Crippen LogP contribution in [0.2, 0.25) is 0 Å². The third-order valence-corrected chi connectivity index (χ3v) is 2.01. The van der Waals surface area contributed by atoms with E-state index in [1.165, 1.54) is 5.17 Å². The van der Waals surface area contributed by atoms with Gasteiger partial charge in [0.1, 0.15) is 0 Å². The molecule has 68 valence electrons. The molecule has 0 aromatic heterocycles. The van der Waals surface area contributed by atoms with Crippen LogP contribution in [0.1, 0.15) is 6.42 Å². The molecule has 0 amide bonds. The lowest BCUT2D eigenvalue weighted by Crippen LogP contribution is -2.39. The molecule has 1 aliphatic heterocycles. The Morgan fingerprint density at radius 1 is 1.15 bits per heavy atom. The SMILES string of the molecule is ON1CCC=CN1c1ccccc1. The van der Waals surface area contributed by atoms with Crippen molar-refractivity contribution in [2.24, 2.45) is 0 Å². The topological polar surface area (TPSA) is 26.7 Å². The van der Waals surface area contributed by atoms with Crippen LogP contribution in [0.5, 0.6) is 0 Å². The Labute approximate surface area is 77.4 Å². The van der Waals surface area contributed by atoms with Crippen LogP contribution in [-0.4, -0.2) is 16.9 Å². The number of benzene rings is 1. The van der Waals surface area contributed by atoms with Crippen LogP contribution >= 0.6 is 0 Å². The molecular weight excluding hydrogens is 164 g/mol. The van der Waals surface area contributed by atoms with Crippen LogP contribution in [0, 0.1) is 0 Å². The summed E-state index contributed by atoms with van der Waals surface area (Å²) < 4.78 is 0. The van der Waals surface area contributed by atoms with Gasteiger partial charge in [0, 0.05) is 12.7 Å². The molecule has 1 aromatic rings. The van der Waals surface area contributed by atoms with Crippen molar-refractivity contribution >= 4 is 5.69 Å². The normalized spacial score (nSPS) is 17.8. The third-order valence-electron chi connectivity index (χ3n) is 2.01. The van der Waals surface area contributed by atoms with E-state index in [4.69, 9.17) is 0 Å². The van der Waals surface area contributed by atoms with Gasteiger partial charge in [0.05, 0.1) is 5.69 Å². The van der Waals surface area contributed by atoms with Gasteiger partial charge < -0.3 is 0 Å². The number of hydrogen-bond donors (Lipinski definition) is 1. The first-order valence-electron chi connectivity index (χ1n) is 4.35. The number of rotatable bonds is 1. The highest BCUT2D eigenvalue weighted by molar-refractivity contribution is 5.47. The molecule has 1 aliphatic rings. The molecule has 13 heavy (non-hydrogen) atoms. The maximum atomic E-state index is 9.53. The summed E-state index contributed by atoms with van der Waals surface area (Å²) in [6.45, 7) is 0.644. The van der Waals surface area contributed by atoms with Crippen LogP contribution < -0.4 is 5.01 Å². The standard InChI is InChI=1S/C10H12N2O/c13-12-9-5-4-8-11(12)10-6-2-1-3-7-10/h1-4,6-8,13H,5,9H2. The first kappa shape index (κ1) is 8.29. The highest BCUT2D eigenvalue weighted by Gasteiger charge is 2.12. The zero-order valence-electron chi connectivity index (χ0n) is 7.30. The second-order valence-corrected chi connectivity index (χ2v) is 2.95. The van der Waals surface area contributed by atoms with Gasteiger partial charge in [-0.25, -0.2) is 0 Å². The van der Waals surface area contributed by atoms with Crippen molar-refractivity contribution in [1.82, 2.24) is 5.17 Å². The Morgan fingerprint density at radius 2 is 1.92 bits per heavy atom. The van der Waals surface area contributed by atoms with E-state index < -0.39 is 0 Å². The van der Waals surface area contributed by atoms with E-state index in [9.17, 15) is 5.21 Å². The van der Waals surface area contributed by atoms with Gasteiger partial charge in [0.2, 0.25) is 0 Å². The molecule has 1 N–H and O–H groups in total. The molecule has 0 bridgehead atoms. The molecule has 0 radical (unpaired) electrons. The second kappa shape index (κ2) is 3.60. The van der Waals surface area contributed by atoms with Crippen LogP contribution in [0.4, 0.5) is 5.69 Å². The summed E-state index contributed by atoms with van der Waals surface area (Å²) >= 11 is 0. The molecule has 0 atom stereocenters. The van der Waals surface area contributed by atoms with E-state index in [0.717, 1.165) is 12.1 Å². The van der Waals surface area contributed by atoms with E-state index >= 15 is 0 Å². The molecule has 0 spiro atoms. The van der Waals surface area contributed by atoms with Crippen molar-refractivity contribution in [3.63, 3.8) is 0 Å². The lowest BCUT2D eigenvalue weighted by atomic mass is 10.3. The van der Waals surface area contributed by atoms with Crippen LogP contribution in [0.25, 0.3) is 0 Å². The van der Waals surface area contributed by atoms with E-state index in [1.54, 1.807) is 5.01 Å². The molecular formula is C10H12N2O. The first-order valence-corrected chi connectivity index (χ1v) is 4.35. The van der Waals surface area contributed by atoms with Gasteiger partial charge in [0.15, 0.2) is 0 Å². The average Bonchev–Trinajstić information content (AvgIpc) is 2.20. The molecule has 3 nitrogen and oxygen atoms in total. The summed E-state index contributed by atoms with van der Waals surface area (Å²) in [6, 6.07) is 9.77. The average molecular weight is 176 g/mol. The van der Waals surface area contributed by atoms with Crippen LogP contribution in [0.3, 0.4) is 0 Å². The van der Waals surface area contributed by atoms with Crippen molar-refractivity contribution in [2.45, 2.75) is 6.42 Å². The minimum absolute atomic E-state index is 0.644. The monoisotopic (exact) mass is 176 g/mol. The molecule has 0 saturated heterocycles. The van der Waals surface area contributed by atoms with Crippen molar-refractivity contribution in [3.05, 3.63) is 42.6 Å². The lowest BCUT2D eigenvalue weighted by Gasteiger charge is -2.30. The van der Waals surface area contributed by atoms with Crippen molar-refractivity contribution in [2.75, 3.05) is 11.6 Å². The number of hydrogen-bond acceptors (Lipinski definition) is 3. The van der Waals surface area contributed by atoms with E-state index in [1.807, 2.05) is 42.6 Å². The summed E-state index contributed by atoms with van der Waals surface area (Å²) in [4.78, 5) is 0. The van der Waals surface area contributed by atoms with Crippen molar-refractivity contribution in [1.29, 1.82) is 0 Å². The molecule has 1 aromatic carbocycles. The maximum Gasteiger partial charge on any atom is 0.0595 e. The Hall–Kier alpha value is -1.32. The lowest BCUT2D eigenvalue weighted by molar-refractivity contribution is -0.0947. The van der Waals surface area contributed by atoms with Gasteiger partial charge in [-0.3, -0.25) is 10.2 Å². The highest BCUT2D eigenvalue weighted by atomic mass is 16.5. The number of nitrogens with zero attached hydrogens (tertiary/aromatic N) is 2. The van der Waals surface area contributed by atoms with Gasteiger partial charge in [-0.1, -0.05) is 29.4 Å². The highest BCUT2D eigenvalue weighted by Crippen LogP contribution is 2.17. The van der Waals surface area contributed by atoms with Gasteiger partial charge in [-0.2, -0.15) is 0 Å². The number of para-hydroxylation sites is 1. The Balaban J connectivity index is 2.25. The summed E-state index contributed by atoms with van der Waals surface area (Å²) in [7, 11) is 0. The Bertz CT molecular complexity index is 297. The predicted octanol–water partition coefficient (Wildman–Crippen LogP) is 2.02. The molecule has 0 aliphatic carbocycles. The zero-order chi connectivity index (χ0) is 9.10. The quantitative estimate of drug-likeness (QED) is 0.709. The second-order valence-electron chi connectivity index (χ2n) is 2.95. The largest absolute Gasteiger partial charge is 0.294 e. The Kier molecular flexibility index (Phi) is 2.29. The minimum Gasteiger partial charge on any atom is -0.294 e. The molecule has 0 fully saturated rings. The molecule has 3 heteroatoms. The summed E-state index contributed by atoms with van der Waals surface area (Å²) in [5.74, 6) is 0. The molecule has 0 saturated carbocycles. The minimum atomic E-state index is 0.644. The molecule has 2 rings (SSSR count). The van der Waals surface area contributed by atoms with E-state index in [2.05, 4.69) is 0 Å². The summed E-state index contributed by atoms with van der Waals surface area (Å²) in [5.41, 5.74) is 0.973. The van der Waals surface area contributed by atoms with Gasteiger partial charge >= 0.3 is 0 Å². The molecule has 1 heterocycles. The predicted molar refractivity (Wildman–Crippen MR) is 51.2 cm³/mol. The fraction of sp³-hybridized carbons (Fsp3) is 0.200. The number of hydrazine groups is 1. The van der Waals surface area contributed by atoms with Crippen molar-refractivity contribution in [3.8, 4) is 0 Å². The van der Waals surface area contributed by atoms with Crippen LogP contribution in [0.15, 0.2) is 42.6 Å². The fourth-order valence-corrected chi connectivity index (χ4v) is 1.35. The molecule has 0 unspecified atom stereocenters. The number of anilines is 1. The van der Waals surface area contributed by atoms with Crippen LogP contribution in [-0.2, 0) is 0 Å². The van der Waals surface area contributed by atoms with Crippen molar-refractivity contribution < 1.29 is 5.21 Å². The van der Waals surface area contributed by atoms with E-state index in [-0.39, 0.29) is 0 Å². The van der Waals surface area contributed by atoms with Gasteiger partial charge in [-0.05, 0) is 18.6 Å². The zero-order valence-corrected chi connectivity index (χ0v) is 7.30. The van der Waals surface area contributed by atoms with Gasteiger partial charge in [0.25, 0.3) is 0 Å². The van der Waals surface area contributed by atoms with E-state index in [0.29, 0.717) is 6.54 Å². The Morgan fingerprint density at radius 3 is 2.62 bits per heavy atom. The fourth-order valence-electron chi connectivity index (χ4n) is 1.35. The maximum absolute atomic E-state index is 9.53. The van der Waals surface area contributed by atoms with Gasteiger partial charge in [-0.15, -0.1) is 0 Å². The smallest absolute Gasteiger partial charge is 0.0595 e. The number of hydroxylamine groups is 1.